The Morgan fingerprint density at radius 3 is 2.75 bits per heavy atom. The van der Waals surface area contributed by atoms with Gasteiger partial charge in [0.15, 0.2) is 17.4 Å². The zero-order chi connectivity index (χ0) is 19.7. The number of halogens is 1. The summed E-state index contributed by atoms with van der Waals surface area (Å²) in [7, 11) is 1.44. The fourth-order valence-electron chi connectivity index (χ4n) is 2.76. The first-order valence-corrected chi connectivity index (χ1v) is 9.84. The second kappa shape index (κ2) is 7.55. The lowest BCUT2D eigenvalue weighted by Gasteiger charge is -2.07. The van der Waals surface area contributed by atoms with Crippen LogP contribution in [0.5, 0.6) is 5.75 Å². The summed E-state index contributed by atoms with van der Waals surface area (Å²) in [6.45, 7) is 4.17. The Hall–Kier alpha value is -3.00. The van der Waals surface area contributed by atoms with Gasteiger partial charge in [0.25, 0.3) is 0 Å². The number of nitrogens with one attached hydrogen (secondary N) is 1. The van der Waals surface area contributed by atoms with Crippen molar-refractivity contribution in [3.8, 4) is 10.9 Å². The SMILES string of the molecule is CCC(C)c1nc(Nc2ccc(OC)c(F)c2)n(-c2nc3ccccc3s2)n1. The van der Waals surface area contributed by atoms with E-state index in [0.29, 0.717) is 16.8 Å². The fraction of sp³-hybridized carbons (Fsp3) is 0.250. The van der Waals surface area contributed by atoms with Crippen molar-refractivity contribution in [1.82, 2.24) is 19.7 Å². The minimum absolute atomic E-state index is 0.193. The number of hydrogen-bond donors (Lipinski definition) is 1. The Labute approximate surface area is 166 Å². The van der Waals surface area contributed by atoms with Gasteiger partial charge in [-0.25, -0.2) is 9.37 Å². The van der Waals surface area contributed by atoms with Gasteiger partial charge in [0.2, 0.25) is 11.1 Å². The minimum Gasteiger partial charge on any atom is -0.494 e. The van der Waals surface area contributed by atoms with Gasteiger partial charge in [-0.15, -0.1) is 5.10 Å². The number of fused-ring (bicyclic) bond motifs is 1. The topological polar surface area (TPSA) is 64.9 Å². The summed E-state index contributed by atoms with van der Waals surface area (Å²) in [5.74, 6) is 1.17. The lowest BCUT2D eigenvalue weighted by Crippen LogP contribution is -2.03. The van der Waals surface area contributed by atoms with Crippen molar-refractivity contribution in [2.24, 2.45) is 0 Å². The van der Waals surface area contributed by atoms with E-state index in [9.17, 15) is 4.39 Å². The quantitative estimate of drug-likeness (QED) is 0.479. The highest BCUT2D eigenvalue weighted by molar-refractivity contribution is 7.20. The largest absolute Gasteiger partial charge is 0.494 e. The third-order valence-corrected chi connectivity index (χ3v) is 5.56. The molecule has 1 unspecified atom stereocenters. The molecule has 1 atom stereocenters. The molecule has 0 aliphatic carbocycles. The third kappa shape index (κ3) is 3.43. The highest BCUT2D eigenvalue weighted by Gasteiger charge is 2.19. The summed E-state index contributed by atoms with van der Waals surface area (Å²) in [4.78, 5) is 9.32. The maximum Gasteiger partial charge on any atom is 0.232 e. The van der Waals surface area contributed by atoms with E-state index in [1.807, 2.05) is 24.3 Å². The highest BCUT2D eigenvalue weighted by atomic mass is 32.1. The molecule has 4 rings (SSSR count). The van der Waals surface area contributed by atoms with Crippen LogP contribution in [0.1, 0.15) is 32.0 Å². The zero-order valence-corrected chi connectivity index (χ0v) is 16.6. The number of thiazole rings is 1. The van der Waals surface area contributed by atoms with Gasteiger partial charge in [0, 0.05) is 17.7 Å². The van der Waals surface area contributed by atoms with Crippen LogP contribution < -0.4 is 10.1 Å². The molecule has 0 saturated heterocycles. The van der Waals surface area contributed by atoms with E-state index in [1.165, 1.54) is 24.5 Å². The molecule has 0 amide bonds. The van der Waals surface area contributed by atoms with Crippen molar-refractivity contribution in [1.29, 1.82) is 0 Å². The monoisotopic (exact) mass is 397 g/mol. The first kappa shape index (κ1) is 18.4. The van der Waals surface area contributed by atoms with Crippen molar-refractivity contribution in [2.75, 3.05) is 12.4 Å². The molecule has 2 aromatic heterocycles. The van der Waals surface area contributed by atoms with Gasteiger partial charge >= 0.3 is 0 Å². The number of rotatable bonds is 6. The van der Waals surface area contributed by atoms with Crippen molar-refractivity contribution in [3.63, 3.8) is 0 Å². The molecule has 1 N–H and O–H groups in total. The second-order valence-corrected chi connectivity index (χ2v) is 7.46. The van der Waals surface area contributed by atoms with Crippen LogP contribution >= 0.6 is 11.3 Å². The number of hydrogen-bond acceptors (Lipinski definition) is 6. The standard InChI is InChI=1S/C20H20FN5OS/c1-4-12(2)18-24-19(22-13-9-10-16(27-3)14(21)11-13)26(25-18)20-23-15-7-5-6-8-17(15)28-20/h5-12H,4H2,1-3H3,(H,22,24,25). The average Bonchev–Trinajstić information content (AvgIpc) is 3.31. The maximum absolute atomic E-state index is 14.1. The maximum atomic E-state index is 14.1. The number of para-hydroxylation sites is 1. The molecule has 0 spiro atoms. The molecule has 2 heterocycles. The summed E-state index contributed by atoms with van der Waals surface area (Å²) in [6, 6.07) is 12.6. The summed E-state index contributed by atoms with van der Waals surface area (Å²) in [5.41, 5.74) is 1.47. The van der Waals surface area contributed by atoms with E-state index in [1.54, 1.807) is 16.8 Å². The van der Waals surface area contributed by atoms with Crippen LogP contribution in [0.15, 0.2) is 42.5 Å². The highest BCUT2D eigenvalue weighted by Crippen LogP contribution is 2.29. The van der Waals surface area contributed by atoms with Crippen LogP contribution in [0.3, 0.4) is 0 Å². The first-order chi connectivity index (χ1) is 13.6. The van der Waals surface area contributed by atoms with Crippen LogP contribution in [-0.2, 0) is 0 Å². The van der Waals surface area contributed by atoms with Gasteiger partial charge in [-0.1, -0.05) is 37.3 Å². The molecular formula is C20H20FN5OS. The summed E-state index contributed by atoms with van der Waals surface area (Å²) >= 11 is 1.53. The molecule has 0 aliphatic heterocycles. The number of benzene rings is 2. The van der Waals surface area contributed by atoms with Crippen molar-refractivity contribution in [3.05, 3.63) is 54.1 Å². The molecular weight excluding hydrogens is 377 g/mol. The first-order valence-electron chi connectivity index (χ1n) is 9.02. The van der Waals surface area contributed by atoms with Gasteiger partial charge in [-0.3, -0.25) is 0 Å². The lowest BCUT2D eigenvalue weighted by molar-refractivity contribution is 0.386. The van der Waals surface area contributed by atoms with Gasteiger partial charge in [0.1, 0.15) is 0 Å². The van der Waals surface area contributed by atoms with Gasteiger partial charge in [0.05, 0.1) is 17.3 Å². The Balaban J connectivity index is 1.77. The second-order valence-electron chi connectivity index (χ2n) is 6.45. The summed E-state index contributed by atoms with van der Waals surface area (Å²) < 4.78 is 21.8. The number of ether oxygens (including phenoxy) is 1. The van der Waals surface area contributed by atoms with Crippen molar-refractivity contribution >= 4 is 33.2 Å². The van der Waals surface area contributed by atoms with Crippen molar-refractivity contribution < 1.29 is 9.13 Å². The summed E-state index contributed by atoms with van der Waals surface area (Å²) in [5, 5.41) is 8.55. The molecule has 0 radical (unpaired) electrons. The molecule has 0 fully saturated rings. The normalized spacial score (nSPS) is 12.3. The van der Waals surface area contributed by atoms with Crippen LogP contribution in [0.4, 0.5) is 16.0 Å². The molecule has 0 aliphatic rings. The Bertz CT molecular complexity index is 1090. The van der Waals surface area contributed by atoms with Crippen molar-refractivity contribution in [2.45, 2.75) is 26.2 Å². The van der Waals surface area contributed by atoms with E-state index in [4.69, 9.17) is 4.74 Å². The number of aromatic nitrogens is 4. The fourth-order valence-corrected chi connectivity index (χ4v) is 3.68. The van der Waals surface area contributed by atoms with Gasteiger partial charge in [-0.2, -0.15) is 9.67 Å². The average molecular weight is 397 g/mol. The third-order valence-electron chi connectivity index (χ3n) is 4.55. The zero-order valence-electron chi connectivity index (χ0n) is 15.8. The summed E-state index contributed by atoms with van der Waals surface area (Å²) in [6.07, 6.45) is 0.917. The van der Waals surface area contributed by atoms with E-state index in [0.717, 1.165) is 22.5 Å². The molecule has 0 saturated carbocycles. The Kier molecular flexibility index (Phi) is 4.95. The van der Waals surface area contributed by atoms with E-state index < -0.39 is 5.82 Å². The van der Waals surface area contributed by atoms with Crippen LogP contribution in [-0.4, -0.2) is 26.9 Å². The number of nitrogens with zero attached hydrogens (tertiary/aromatic N) is 4. The van der Waals surface area contributed by atoms with Crippen LogP contribution in [0.2, 0.25) is 0 Å². The van der Waals surface area contributed by atoms with Crippen LogP contribution in [0, 0.1) is 5.82 Å². The molecule has 6 nitrogen and oxygen atoms in total. The van der Waals surface area contributed by atoms with Gasteiger partial charge < -0.3 is 10.1 Å². The predicted octanol–water partition coefficient (Wildman–Crippen LogP) is 5.28. The smallest absolute Gasteiger partial charge is 0.232 e. The number of anilines is 2. The lowest BCUT2D eigenvalue weighted by atomic mass is 10.1. The van der Waals surface area contributed by atoms with E-state index in [2.05, 4.69) is 34.2 Å². The van der Waals surface area contributed by atoms with Gasteiger partial charge in [-0.05, 0) is 30.7 Å². The molecule has 8 heteroatoms. The number of methoxy groups -OCH3 is 1. The predicted molar refractivity (Wildman–Crippen MR) is 109 cm³/mol. The van der Waals surface area contributed by atoms with E-state index in [-0.39, 0.29) is 11.7 Å². The minimum atomic E-state index is -0.444. The molecule has 144 valence electrons. The Morgan fingerprint density at radius 1 is 1.21 bits per heavy atom. The van der Waals surface area contributed by atoms with E-state index >= 15 is 0 Å². The van der Waals surface area contributed by atoms with Crippen LogP contribution in [0.25, 0.3) is 15.3 Å². The molecule has 2 aromatic carbocycles. The Morgan fingerprint density at radius 2 is 2.04 bits per heavy atom. The molecule has 28 heavy (non-hydrogen) atoms. The molecule has 4 aromatic rings. The molecule has 0 bridgehead atoms.